The van der Waals surface area contributed by atoms with E-state index >= 15 is 0 Å². The Morgan fingerprint density at radius 1 is 1.09 bits per heavy atom. The molecule has 2 heterocycles. The molecule has 0 saturated heterocycles. The van der Waals surface area contributed by atoms with Gasteiger partial charge in [-0.25, -0.2) is 9.78 Å². The first-order chi connectivity index (χ1) is 16.0. The van der Waals surface area contributed by atoms with Crippen LogP contribution in [-0.2, 0) is 0 Å². The number of hydrogen-bond acceptors (Lipinski definition) is 6. The fraction of sp³-hybridized carbons (Fsp3) is 0.0741. The highest BCUT2D eigenvalue weighted by atomic mass is 32.1. The highest BCUT2D eigenvalue weighted by Gasteiger charge is 2.15. The van der Waals surface area contributed by atoms with E-state index in [4.69, 9.17) is 4.42 Å². The number of anilines is 1. The van der Waals surface area contributed by atoms with E-state index in [1.807, 2.05) is 74.5 Å². The Bertz CT molecular complexity index is 1650. The van der Waals surface area contributed by atoms with Crippen molar-refractivity contribution in [1.29, 1.82) is 5.26 Å². The van der Waals surface area contributed by atoms with Gasteiger partial charge in [0.25, 0.3) is 0 Å². The van der Waals surface area contributed by atoms with Crippen molar-refractivity contribution in [2.45, 2.75) is 13.8 Å². The van der Waals surface area contributed by atoms with Gasteiger partial charge in [0.15, 0.2) is 0 Å². The number of rotatable bonds is 4. The number of fused-ring (bicyclic) bond motifs is 3. The van der Waals surface area contributed by atoms with Crippen molar-refractivity contribution in [2.24, 2.45) is 0 Å². The zero-order valence-corrected chi connectivity index (χ0v) is 18.9. The predicted octanol–water partition coefficient (Wildman–Crippen LogP) is 6.66. The summed E-state index contributed by atoms with van der Waals surface area (Å²) in [6.07, 6.45) is 1.65. The highest BCUT2D eigenvalue weighted by Crippen LogP contribution is 2.30. The van der Waals surface area contributed by atoms with Crippen molar-refractivity contribution in [3.63, 3.8) is 0 Å². The van der Waals surface area contributed by atoms with E-state index in [9.17, 15) is 10.1 Å². The summed E-state index contributed by atoms with van der Waals surface area (Å²) in [4.78, 5) is 17.3. The van der Waals surface area contributed by atoms with Crippen LogP contribution in [0.5, 0.6) is 0 Å². The standard InChI is InChI=1S/C27H19N3O2S/c1-16-7-8-17(2)23(11-16)29-14-19(13-28)26-30-24(15-33-26)22-12-21-20-6-4-3-5-18(20)9-10-25(21)32-27(22)31/h3-12,14-15,29H,1-2H3/b19-14-. The van der Waals surface area contributed by atoms with Crippen molar-refractivity contribution in [1.82, 2.24) is 4.98 Å². The lowest BCUT2D eigenvalue weighted by molar-refractivity contribution is 0.563. The normalized spacial score (nSPS) is 11.6. The lowest BCUT2D eigenvalue weighted by atomic mass is 10.0. The van der Waals surface area contributed by atoms with Gasteiger partial charge in [0.1, 0.15) is 22.2 Å². The van der Waals surface area contributed by atoms with E-state index in [1.165, 1.54) is 11.3 Å². The summed E-state index contributed by atoms with van der Waals surface area (Å²) in [6.45, 7) is 4.02. The third-order valence-corrected chi connectivity index (χ3v) is 6.41. The van der Waals surface area contributed by atoms with Gasteiger partial charge in [-0.2, -0.15) is 5.26 Å². The predicted molar refractivity (Wildman–Crippen MR) is 134 cm³/mol. The molecule has 3 aromatic carbocycles. The maximum atomic E-state index is 12.7. The number of aromatic nitrogens is 1. The molecule has 0 aliphatic rings. The zero-order valence-electron chi connectivity index (χ0n) is 18.0. The molecule has 0 amide bonds. The summed E-state index contributed by atoms with van der Waals surface area (Å²) in [7, 11) is 0. The molecule has 0 aliphatic carbocycles. The van der Waals surface area contributed by atoms with Crippen LogP contribution in [0, 0.1) is 25.2 Å². The molecule has 6 heteroatoms. The van der Waals surface area contributed by atoms with E-state index in [-0.39, 0.29) is 0 Å². The molecule has 1 N–H and O–H groups in total. The molecular weight excluding hydrogens is 430 g/mol. The van der Waals surface area contributed by atoms with Crippen molar-refractivity contribution in [3.8, 4) is 17.3 Å². The Kier molecular flexibility index (Phi) is 5.25. The Hall–Kier alpha value is -4.21. The van der Waals surface area contributed by atoms with Gasteiger partial charge in [-0.3, -0.25) is 0 Å². The second kappa shape index (κ2) is 8.38. The molecule has 33 heavy (non-hydrogen) atoms. The number of nitrogens with zero attached hydrogens (tertiary/aromatic N) is 2. The largest absolute Gasteiger partial charge is 0.422 e. The molecule has 5 nitrogen and oxygen atoms in total. The van der Waals surface area contributed by atoms with E-state index < -0.39 is 5.63 Å². The highest BCUT2D eigenvalue weighted by molar-refractivity contribution is 7.11. The molecule has 0 fully saturated rings. The molecule has 5 aromatic rings. The first kappa shape index (κ1) is 20.7. The lowest BCUT2D eigenvalue weighted by Gasteiger charge is -2.07. The molecule has 2 aromatic heterocycles. The fourth-order valence-corrected chi connectivity index (χ4v) is 4.54. The second-order valence-electron chi connectivity index (χ2n) is 7.82. The quantitative estimate of drug-likeness (QED) is 0.188. The molecule has 0 spiro atoms. The molecular formula is C27H19N3O2S. The summed E-state index contributed by atoms with van der Waals surface area (Å²) in [6, 6.07) is 21.8. The first-order valence-electron chi connectivity index (χ1n) is 10.4. The summed E-state index contributed by atoms with van der Waals surface area (Å²) in [5.41, 5.74) is 4.48. The van der Waals surface area contributed by atoms with Crippen molar-refractivity contribution >= 4 is 44.3 Å². The minimum Gasteiger partial charge on any atom is -0.422 e. The van der Waals surface area contributed by atoms with Gasteiger partial charge < -0.3 is 9.73 Å². The van der Waals surface area contributed by atoms with Gasteiger partial charge in [0.2, 0.25) is 0 Å². The monoisotopic (exact) mass is 449 g/mol. The average Bonchev–Trinajstić information content (AvgIpc) is 3.31. The number of benzene rings is 3. The van der Waals surface area contributed by atoms with Gasteiger partial charge in [0, 0.05) is 22.7 Å². The summed E-state index contributed by atoms with van der Waals surface area (Å²) < 4.78 is 5.60. The molecule has 0 radical (unpaired) electrons. The third kappa shape index (κ3) is 3.91. The van der Waals surface area contributed by atoms with Crippen molar-refractivity contribution in [2.75, 3.05) is 5.32 Å². The minimum absolute atomic E-state index is 0.376. The van der Waals surface area contributed by atoms with Crippen molar-refractivity contribution in [3.05, 3.63) is 98.8 Å². The fourth-order valence-electron chi connectivity index (χ4n) is 3.75. The zero-order chi connectivity index (χ0) is 22.9. The number of allylic oxidation sites excluding steroid dienone is 1. The number of aryl methyl sites for hydroxylation is 2. The first-order valence-corrected chi connectivity index (χ1v) is 11.3. The van der Waals surface area contributed by atoms with Crippen LogP contribution in [0.4, 0.5) is 5.69 Å². The smallest absolute Gasteiger partial charge is 0.345 e. The molecule has 0 unspecified atom stereocenters. The van der Waals surface area contributed by atoms with Crippen molar-refractivity contribution < 1.29 is 4.42 Å². The Labute approximate surface area is 194 Å². The summed E-state index contributed by atoms with van der Waals surface area (Å²) >= 11 is 1.31. The topological polar surface area (TPSA) is 78.9 Å². The molecule has 160 valence electrons. The Morgan fingerprint density at radius 2 is 1.94 bits per heavy atom. The summed E-state index contributed by atoms with van der Waals surface area (Å²) in [5, 5.41) is 18.1. The van der Waals surface area contributed by atoms with Crippen LogP contribution >= 0.6 is 11.3 Å². The average molecular weight is 450 g/mol. The van der Waals surface area contributed by atoms with Gasteiger partial charge in [-0.15, -0.1) is 11.3 Å². The van der Waals surface area contributed by atoms with Gasteiger partial charge >= 0.3 is 5.63 Å². The van der Waals surface area contributed by atoms with Crippen LogP contribution in [0.25, 0.3) is 38.6 Å². The van der Waals surface area contributed by atoms with E-state index in [2.05, 4.69) is 16.4 Å². The number of nitrogens with one attached hydrogen (secondary N) is 1. The molecule has 0 atom stereocenters. The van der Waals surface area contributed by atoms with Gasteiger partial charge in [-0.1, -0.05) is 42.5 Å². The van der Waals surface area contributed by atoms with E-state index in [1.54, 1.807) is 11.6 Å². The minimum atomic E-state index is -0.453. The number of hydrogen-bond donors (Lipinski definition) is 1. The maximum Gasteiger partial charge on any atom is 0.345 e. The van der Waals surface area contributed by atoms with Crippen LogP contribution in [0.1, 0.15) is 16.1 Å². The second-order valence-corrected chi connectivity index (χ2v) is 8.67. The number of nitriles is 1. The number of thiazole rings is 1. The van der Waals surface area contributed by atoms with E-state index in [0.29, 0.717) is 27.4 Å². The van der Waals surface area contributed by atoms with Crippen LogP contribution < -0.4 is 10.9 Å². The van der Waals surface area contributed by atoms with E-state index in [0.717, 1.165) is 33.0 Å². The lowest BCUT2D eigenvalue weighted by Crippen LogP contribution is -2.03. The SMILES string of the molecule is Cc1ccc(C)c(N/C=C(/C#N)c2nc(-c3cc4c(ccc5ccccc54)oc3=O)cs2)c1. The Morgan fingerprint density at radius 3 is 2.79 bits per heavy atom. The van der Waals surface area contributed by atoms with Crippen LogP contribution in [0.3, 0.4) is 0 Å². The summed E-state index contributed by atoms with van der Waals surface area (Å²) in [5.74, 6) is 0. The molecule has 5 rings (SSSR count). The van der Waals surface area contributed by atoms with Crippen LogP contribution in [-0.4, -0.2) is 4.98 Å². The van der Waals surface area contributed by atoms with Crippen LogP contribution in [0.15, 0.2) is 81.5 Å². The van der Waals surface area contributed by atoms with Gasteiger partial charge in [-0.05, 0) is 53.9 Å². The molecule has 0 aliphatic heterocycles. The molecule has 0 saturated carbocycles. The Balaban J connectivity index is 1.54. The third-order valence-electron chi connectivity index (χ3n) is 5.54. The maximum absolute atomic E-state index is 12.7. The van der Waals surface area contributed by atoms with Gasteiger partial charge in [0.05, 0.1) is 11.3 Å². The molecule has 0 bridgehead atoms. The van der Waals surface area contributed by atoms with Crippen LogP contribution in [0.2, 0.25) is 0 Å².